The summed E-state index contributed by atoms with van der Waals surface area (Å²) in [5.74, 6) is -1.84. The molecule has 7 nitrogen and oxygen atoms in total. The summed E-state index contributed by atoms with van der Waals surface area (Å²) in [5.41, 5.74) is 0. The van der Waals surface area contributed by atoms with Crippen LogP contribution in [0.5, 0.6) is 0 Å². The Balaban J connectivity index is -0.000000665. The standard InChI is InChI=1S/C14H28O5S.C5H12O2.Na/c1-2-3-4-5-6-7-8-9-10-11-12-19-14(15)13-20(16,17)18;6-4-2-1-3-5-7;/h2-13H2,1H3,(H,16,17,18);6-7H,1-5H2;. The Morgan fingerprint density at radius 2 is 1.14 bits per heavy atom. The van der Waals surface area contributed by atoms with E-state index in [-0.39, 0.29) is 49.4 Å². The zero-order valence-corrected chi connectivity index (χ0v) is 20.7. The number of hydrogen-bond donors (Lipinski definition) is 3. The van der Waals surface area contributed by atoms with Gasteiger partial charge in [-0.25, -0.2) is 0 Å². The molecule has 0 amide bonds. The number of hydrogen-bond acceptors (Lipinski definition) is 6. The number of carbonyl (C=O) groups is 1. The zero-order chi connectivity index (χ0) is 20.8. The maximum atomic E-state index is 11.0. The molecule has 28 heavy (non-hydrogen) atoms. The fraction of sp³-hybridized carbons (Fsp3) is 0.947. The quantitative estimate of drug-likeness (QED) is 0.139. The zero-order valence-electron chi connectivity index (χ0n) is 17.9. The summed E-state index contributed by atoms with van der Waals surface area (Å²) in [4.78, 5) is 11.0. The molecule has 1 radical (unpaired) electrons. The van der Waals surface area contributed by atoms with Crippen molar-refractivity contribution in [1.82, 2.24) is 0 Å². The van der Waals surface area contributed by atoms with Gasteiger partial charge in [0.25, 0.3) is 10.1 Å². The van der Waals surface area contributed by atoms with Crippen LogP contribution in [0.2, 0.25) is 0 Å². The van der Waals surface area contributed by atoms with Gasteiger partial charge in [-0.2, -0.15) is 8.42 Å². The molecule has 165 valence electrons. The summed E-state index contributed by atoms with van der Waals surface area (Å²) in [6.07, 6.45) is 14.4. The Morgan fingerprint density at radius 3 is 1.54 bits per heavy atom. The predicted molar refractivity (Wildman–Crippen MR) is 113 cm³/mol. The first-order chi connectivity index (χ1) is 12.9. The van der Waals surface area contributed by atoms with Gasteiger partial charge in [0.2, 0.25) is 0 Å². The SMILES string of the molecule is CCCCCCCCCCCCOC(=O)CS(=O)(=O)O.OCCCCCO.[Na]. The van der Waals surface area contributed by atoms with Crippen LogP contribution in [0.1, 0.15) is 90.4 Å². The summed E-state index contributed by atoms with van der Waals surface area (Å²) >= 11 is 0. The number of ether oxygens (including phenoxy) is 1. The predicted octanol–water partition coefficient (Wildman–Crippen LogP) is 3.10. The van der Waals surface area contributed by atoms with Gasteiger partial charge in [-0.05, 0) is 25.7 Å². The summed E-state index contributed by atoms with van der Waals surface area (Å²) in [7, 11) is -4.26. The van der Waals surface area contributed by atoms with Gasteiger partial charge in [0.15, 0.2) is 5.75 Å². The second-order valence-electron chi connectivity index (χ2n) is 6.64. The minimum atomic E-state index is -4.26. The molecule has 0 aromatic rings. The third kappa shape index (κ3) is 33.9. The summed E-state index contributed by atoms with van der Waals surface area (Å²) in [6, 6.07) is 0. The second kappa shape index (κ2) is 25.3. The third-order valence-electron chi connectivity index (χ3n) is 3.88. The van der Waals surface area contributed by atoms with Gasteiger partial charge in [-0.3, -0.25) is 9.35 Å². The number of aliphatic hydroxyl groups excluding tert-OH is 2. The molecule has 0 heterocycles. The van der Waals surface area contributed by atoms with Gasteiger partial charge in [-0.15, -0.1) is 0 Å². The fourth-order valence-electron chi connectivity index (χ4n) is 2.37. The third-order valence-corrected chi connectivity index (χ3v) is 4.48. The summed E-state index contributed by atoms with van der Waals surface area (Å²) in [5, 5.41) is 16.4. The topological polar surface area (TPSA) is 121 Å². The first-order valence-corrected chi connectivity index (χ1v) is 11.8. The monoisotopic (exact) mass is 435 g/mol. The fourth-order valence-corrected chi connectivity index (χ4v) is 2.75. The summed E-state index contributed by atoms with van der Waals surface area (Å²) < 4.78 is 33.9. The van der Waals surface area contributed by atoms with Crippen LogP contribution in [0.25, 0.3) is 0 Å². The van der Waals surface area contributed by atoms with Crippen LogP contribution in [0.4, 0.5) is 0 Å². The molecule has 0 rings (SSSR count). The van der Waals surface area contributed by atoms with E-state index in [2.05, 4.69) is 6.92 Å². The van der Waals surface area contributed by atoms with E-state index in [1.54, 1.807) is 0 Å². The van der Waals surface area contributed by atoms with Crippen LogP contribution >= 0.6 is 0 Å². The molecule has 0 atom stereocenters. The molecule has 0 aliphatic carbocycles. The Morgan fingerprint density at radius 1 is 0.750 bits per heavy atom. The van der Waals surface area contributed by atoms with Crippen molar-refractivity contribution in [3.63, 3.8) is 0 Å². The van der Waals surface area contributed by atoms with Gasteiger partial charge < -0.3 is 14.9 Å². The molecule has 0 bridgehead atoms. The first-order valence-electron chi connectivity index (χ1n) is 10.2. The van der Waals surface area contributed by atoms with Crippen molar-refractivity contribution in [3.8, 4) is 0 Å². The minimum Gasteiger partial charge on any atom is -0.465 e. The number of carbonyl (C=O) groups excluding carboxylic acids is 1. The van der Waals surface area contributed by atoms with Crippen LogP contribution in [-0.2, 0) is 19.6 Å². The summed E-state index contributed by atoms with van der Waals surface area (Å²) in [6.45, 7) is 2.94. The number of rotatable bonds is 17. The van der Waals surface area contributed by atoms with Crippen molar-refractivity contribution >= 4 is 45.6 Å². The van der Waals surface area contributed by atoms with E-state index < -0.39 is 21.8 Å². The largest absolute Gasteiger partial charge is 0.465 e. The van der Waals surface area contributed by atoms with Crippen LogP contribution in [-0.4, -0.2) is 84.3 Å². The van der Waals surface area contributed by atoms with E-state index in [4.69, 9.17) is 19.5 Å². The Hall–Kier alpha value is 0.300. The first kappa shape index (κ1) is 33.0. The van der Waals surface area contributed by atoms with E-state index in [1.165, 1.54) is 44.9 Å². The van der Waals surface area contributed by atoms with Crippen LogP contribution in [0, 0.1) is 0 Å². The van der Waals surface area contributed by atoms with Crippen LogP contribution in [0.3, 0.4) is 0 Å². The van der Waals surface area contributed by atoms with E-state index in [9.17, 15) is 13.2 Å². The molecule has 0 aromatic heterocycles. The van der Waals surface area contributed by atoms with Crippen molar-refractivity contribution in [2.75, 3.05) is 25.6 Å². The van der Waals surface area contributed by atoms with Crippen molar-refractivity contribution in [2.24, 2.45) is 0 Å². The van der Waals surface area contributed by atoms with Crippen LogP contribution < -0.4 is 0 Å². The molecule has 0 spiro atoms. The molecule has 0 fully saturated rings. The van der Waals surface area contributed by atoms with Crippen molar-refractivity contribution < 1.29 is 32.7 Å². The van der Waals surface area contributed by atoms with E-state index in [1.807, 2.05) is 0 Å². The van der Waals surface area contributed by atoms with Gasteiger partial charge in [0, 0.05) is 42.8 Å². The van der Waals surface area contributed by atoms with Gasteiger partial charge in [0.05, 0.1) is 6.61 Å². The van der Waals surface area contributed by atoms with Crippen molar-refractivity contribution in [2.45, 2.75) is 90.4 Å². The molecule has 0 unspecified atom stereocenters. The minimum absolute atomic E-state index is 0. The van der Waals surface area contributed by atoms with Crippen LogP contribution in [0.15, 0.2) is 0 Å². The average Bonchev–Trinajstić information content (AvgIpc) is 2.59. The number of unbranched alkanes of at least 4 members (excludes halogenated alkanes) is 11. The van der Waals surface area contributed by atoms with E-state index in [0.717, 1.165) is 38.5 Å². The van der Waals surface area contributed by atoms with Crippen molar-refractivity contribution in [1.29, 1.82) is 0 Å². The maximum Gasteiger partial charge on any atom is 0.323 e. The Labute approximate surface area is 193 Å². The normalized spacial score (nSPS) is 10.6. The number of esters is 1. The molecule has 0 aromatic carbocycles. The molecule has 0 aliphatic rings. The molecule has 0 saturated carbocycles. The molecule has 3 N–H and O–H groups in total. The number of aliphatic hydroxyl groups is 2. The molecular weight excluding hydrogens is 395 g/mol. The Bertz CT molecular complexity index is 413. The molecular formula is C19H40NaO7S. The van der Waals surface area contributed by atoms with E-state index >= 15 is 0 Å². The van der Waals surface area contributed by atoms with Gasteiger partial charge in [-0.1, -0.05) is 64.7 Å². The van der Waals surface area contributed by atoms with Gasteiger partial charge >= 0.3 is 5.97 Å². The van der Waals surface area contributed by atoms with Gasteiger partial charge in [0.1, 0.15) is 0 Å². The molecule has 0 aliphatic heterocycles. The second-order valence-corrected chi connectivity index (χ2v) is 8.09. The Kier molecular flexibility index (Phi) is 29.8. The molecule has 9 heteroatoms. The average molecular weight is 436 g/mol. The smallest absolute Gasteiger partial charge is 0.323 e. The molecule has 0 saturated heterocycles. The maximum absolute atomic E-state index is 11.0. The van der Waals surface area contributed by atoms with E-state index in [0.29, 0.717) is 0 Å². The van der Waals surface area contributed by atoms with Crippen molar-refractivity contribution in [3.05, 3.63) is 0 Å².